The summed E-state index contributed by atoms with van der Waals surface area (Å²) in [5.74, 6) is 1.15. The van der Waals surface area contributed by atoms with E-state index in [1.807, 2.05) is 53.9 Å². The van der Waals surface area contributed by atoms with Gasteiger partial charge in [-0.1, -0.05) is 42.5 Å². The molecule has 0 spiro atoms. The van der Waals surface area contributed by atoms with Gasteiger partial charge < -0.3 is 14.7 Å². The Morgan fingerprint density at radius 3 is 2.50 bits per heavy atom. The van der Waals surface area contributed by atoms with E-state index in [0.29, 0.717) is 52.4 Å². The Morgan fingerprint density at radius 1 is 0.944 bits per heavy atom. The molecule has 1 atom stereocenters. The van der Waals surface area contributed by atoms with Gasteiger partial charge >= 0.3 is 0 Å². The number of rotatable bonds is 7. The van der Waals surface area contributed by atoms with Gasteiger partial charge in [0.25, 0.3) is 11.1 Å². The highest BCUT2D eigenvalue weighted by Crippen LogP contribution is 2.30. The minimum atomic E-state index is -0.160. The van der Waals surface area contributed by atoms with Crippen molar-refractivity contribution < 1.29 is 4.74 Å². The fraction of sp³-hybridized carbons (Fsp3) is 0.259. The van der Waals surface area contributed by atoms with Crippen LogP contribution >= 0.6 is 11.3 Å². The molecule has 9 heteroatoms. The zero-order chi connectivity index (χ0) is 24.5. The molecule has 1 saturated heterocycles. The Labute approximate surface area is 210 Å². The number of ether oxygens (including phenoxy) is 1. The highest BCUT2D eigenvalue weighted by Gasteiger charge is 2.22. The summed E-state index contributed by atoms with van der Waals surface area (Å²) in [6.45, 7) is 2.21. The highest BCUT2D eigenvalue weighted by atomic mass is 32.1. The molecule has 6 rings (SSSR count). The predicted molar refractivity (Wildman–Crippen MR) is 141 cm³/mol. The third-order valence-electron chi connectivity index (χ3n) is 6.47. The van der Waals surface area contributed by atoms with E-state index in [1.165, 1.54) is 11.3 Å². The first kappa shape index (κ1) is 22.8. The van der Waals surface area contributed by atoms with Crippen molar-refractivity contribution in [1.29, 1.82) is 0 Å². The number of thiophene rings is 1. The summed E-state index contributed by atoms with van der Waals surface area (Å²) in [6.07, 6.45) is 2.10. The fourth-order valence-electron chi connectivity index (χ4n) is 4.79. The molecule has 36 heavy (non-hydrogen) atoms. The van der Waals surface area contributed by atoms with Crippen LogP contribution in [0.25, 0.3) is 32.2 Å². The van der Waals surface area contributed by atoms with Gasteiger partial charge in [0.2, 0.25) is 0 Å². The number of para-hydroxylation sites is 1. The summed E-state index contributed by atoms with van der Waals surface area (Å²) in [4.78, 5) is 43.9. The van der Waals surface area contributed by atoms with Crippen LogP contribution in [0.2, 0.25) is 0 Å². The molecule has 1 aliphatic heterocycles. The summed E-state index contributed by atoms with van der Waals surface area (Å²) < 4.78 is 5.87. The minimum absolute atomic E-state index is 0.0963. The van der Waals surface area contributed by atoms with Crippen molar-refractivity contribution in [3.8, 4) is 11.1 Å². The van der Waals surface area contributed by atoms with Crippen molar-refractivity contribution in [2.75, 3.05) is 13.2 Å². The molecular weight excluding hydrogens is 474 g/mol. The van der Waals surface area contributed by atoms with Crippen LogP contribution in [-0.2, 0) is 17.8 Å². The molecule has 0 bridgehead atoms. The van der Waals surface area contributed by atoms with Crippen molar-refractivity contribution in [3.63, 3.8) is 0 Å². The lowest BCUT2D eigenvalue weighted by Crippen LogP contribution is -2.34. The van der Waals surface area contributed by atoms with E-state index >= 15 is 0 Å². The van der Waals surface area contributed by atoms with Crippen LogP contribution < -0.4 is 11.1 Å². The number of hydrogen-bond donors (Lipinski definition) is 2. The molecule has 0 unspecified atom stereocenters. The highest BCUT2D eigenvalue weighted by molar-refractivity contribution is 7.17. The zero-order valence-electron chi connectivity index (χ0n) is 19.6. The first-order valence-corrected chi connectivity index (χ1v) is 12.9. The first-order chi connectivity index (χ1) is 17.6. The quantitative estimate of drug-likeness (QED) is 0.350. The number of nitrogens with zero attached hydrogens (tertiary/aromatic N) is 3. The Bertz CT molecular complexity index is 1640. The van der Waals surface area contributed by atoms with Crippen LogP contribution in [0, 0.1) is 0 Å². The van der Waals surface area contributed by atoms with Gasteiger partial charge in [-0.2, -0.15) is 0 Å². The van der Waals surface area contributed by atoms with Crippen molar-refractivity contribution in [2.45, 2.75) is 32.0 Å². The lowest BCUT2D eigenvalue weighted by molar-refractivity contribution is 0.0661. The van der Waals surface area contributed by atoms with Crippen LogP contribution in [0.5, 0.6) is 0 Å². The monoisotopic (exact) mass is 499 g/mol. The van der Waals surface area contributed by atoms with E-state index in [1.54, 1.807) is 6.07 Å². The fourth-order valence-corrected chi connectivity index (χ4v) is 5.76. The second-order valence-electron chi connectivity index (χ2n) is 9.04. The van der Waals surface area contributed by atoms with Crippen LogP contribution in [0.4, 0.5) is 0 Å². The van der Waals surface area contributed by atoms with E-state index in [4.69, 9.17) is 9.72 Å². The predicted octanol–water partition coefficient (Wildman–Crippen LogP) is 4.07. The van der Waals surface area contributed by atoms with E-state index in [2.05, 4.69) is 19.9 Å². The molecule has 1 fully saturated rings. The van der Waals surface area contributed by atoms with Crippen molar-refractivity contribution in [1.82, 2.24) is 24.8 Å². The molecule has 3 aromatic heterocycles. The van der Waals surface area contributed by atoms with Gasteiger partial charge in [-0.15, -0.1) is 11.3 Å². The average molecular weight is 500 g/mol. The lowest BCUT2D eigenvalue weighted by atomic mass is 10.1. The van der Waals surface area contributed by atoms with Crippen LogP contribution in [-0.4, -0.2) is 44.1 Å². The third kappa shape index (κ3) is 4.60. The maximum absolute atomic E-state index is 13.1. The molecule has 1 aliphatic rings. The van der Waals surface area contributed by atoms with Crippen molar-refractivity contribution in [2.24, 2.45) is 0 Å². The summed E-state index contributed by atoms with van der Waals surface area (Å²) in [6, 6.07) is 17.2. The standard InChI is InChI=1S/C27H25N5O3S/c33-25-19-10-4-5-11-21(19)28-22(29-25)14-32(13-18-9-6-12-35-18)15-23-30-26(34)24-20(16-36-27(24)31-23)17-7-2-1-3-8-17/h1-5,7-8,10-11,16,18H,6,9,12-15H2,(H,28,29,33)(H,30,31,34)/t18-/m1/s1. The molecule has 8 nitrogen and oxygen atoms in total. The Kier molecular flexibility index (Phi) is 6.18. The summed E-state index contributed by atoms with van der Waals surface area (Å²) >= 11 is 1.47. The smallest absolute Gasteiger partial charge is 0.260 e. The van der Waals surface area contributed by atoms with Gasteiger partial charge in [-0.25, -0.2) is 9.97 Å². The SMILES string of the molecule is O=c1[nH]c(CN(Cc2nc3scc(-c4ccccc4)c3c(=O)[nH]2)C[C@H]2CCCO2)nc2ccccc12. The molecule has 2 N–H and O–H groups in total. The van der Waals surface area contributed by atoms with E-state index in [9.17, 15) is 9.59 Å². The number of H-pyrrole nitrogens is 2. The number of aromatic nitrogens is 4. The van der Waals surface area contributed by atoms with Crippen LogP contribution in [0.3, 0.4) is 0 Å². The Morgan fingerprint density at radius 2 is 1.69 bits per heavy atom. The maximum Gasteiger partial charge on any atom is 0.260 e. The van der Waals surface area contributed by atoms with E-state index in [-0.39, 0.29) is 17.2 Å². The maximum atomic E-state index is 13.1. The minimum Gasteiger partial charge on any atom is -0.377 e. The average Bonchev–Trinajstić information content (AvgIpc) is 3.55. The van der Waals surface area contributed by atoms with E-state index < -0.39 is 0 Å². The summed E-state index contributed by atoms with van der Waals surface area (Å²) in [7, 11) is 0. The molecule has 2 aromatic carbocycles. The van der Waals surface area contributed by atoms with Crippen molar-refractivity contribution in [3.05, 3.63) is 92.3 Å². The molecule has 0 radical (unpaired) electrons. The molecular formula is C27H25N5O3S. The van der Waals surface area contributed by atoms with Gasteiger partial charge in [0.1, 0.15) is 16.5 Å². The molecule has 182 valence electrons. The molecule has 5 aromatic rings. The van der Waals surface area contributed by atoms with Crippen LogP contribution in [0.15, 0.2) is 69.6 Å². The van der Waals surface area contributed by atoms with E-state index in [0.717, 1.165) is 30.6 Å². The molecule has 4 heterocycles. The van der Waals surface area contributed by atoms with Gasteiger partial charge in [-0.05, 0) is 30.5 Å². The Balaban J connectivity index is 1.32. The number of aromatic amines is 2. The molecule has 0 amide bonds. The molecule has 0 aliphatic carbocycles. The lowest BCUT2D eigenvalue weighted by Gasteiger charge is -2.24. The second kappa shape index (κ2) is 9.77. The van der Waals surface area contributed by atoms with Gasteiger partial charge in [0, 0.05) is 24.1 Å². The topological polar surface area (TPSA) is 104 Å². The van der Waals surface area contributed by atoms with Gasteiger partial charge in [-0.3, -0.25) is 14.5 Å². The number of nitrogens with one attached hydrogen (secondary N) is 2. The number of hydrogen-bond acceptors (Lipinski definition) is 7. The number of fused-ring (bicyclic) bond motifs is 2. The summed E-state index contributed by atoms with van der Waals surface area (Å²) in [5, 5.41) is 3.16. The first-order valence-electron chi connectivity index (χ1n) is 12.0. The Hall–Kier alpha value is -3.66. The van der Waals surface area contributed by atoms with Crippen molar-refractivity contribution >= 4 is 32.5 Å². The van der Waals surface area contributed by atoms with Gasteiger partial charge in [0.05, 0.1) is 35.5 Å². The molecule has 0 saturated carbocycles. The second-order valence-corrected chi connectivity index (χ2v) is 9.90. The number of benzene rings is 2. The normalized spacial score (nSPS) is 15.9. The largest absolute Gasteiger partial charge is 0.377 e. The van der Waals surface area contributed by atoms with Crippen LogP contribution in [0.1, 0.15) is 24.5 Å². The van der Waals surface area contributed by atoms with Gasteiger partial charge in [0.15, 0.2) is 0 Å². The zero-order valence-corrected chi connectivity index (χ0v) is 20.4. The third-order valence-corrected chi connectivity index (χ3v) is 7.34. The summed E-state index contributed by atoms with van der Waals surface area (Å²) in [5.41, 5.74) is 2.24.